The summed E-state index contributed by atoms with van der Waals surface area (Å²) in [6.07, 6.45) is 3.56. The molecule has 0 spiro atoms. The highest BCUT2D eigenvalue weighted by atomic mass is 16.1. The van der Waals surface area contributed by atoms with E-state index in [1.807, 2.05) is 60.1 Å². The molecule has 1 saturated heterocycles. The number of fused-ring (bicyclic) bond motifs is 1. The van der Waals surface area contributed by atoms with Crippen LogP contribution in [0.4, 0.5) is 5.82 Å². The molecule has 2 aromatic heterocycles. The van der Waals surface area contributed by atoms with Crippen LogP contribution in [0.25, 0.3) is 22.3 Å². The van der Waals surface area contributed by atoms with Gasteiger partial charge in [0.25, 0.3) is 5.91 Å². The van der Waals surface area contributed by atoms with E-state index in [0.717, 1.165) is 59.3 Å². The van der Waals surface area contributed by atoms with Crippen molar-refractivity contribution < 1.29 is 4.79 Å². The predicted octanol–water partition coefficient (Wildman–Crippen LogP) is 3.58. The molecule has 34 heavy (non-hydrogen) atoms. The second-order valence-electron chi connectivity index (χ2n) is 8.98. The van der Waals surface area contributed by atoms with Gasteiger partial charge in [-0.05, 0) is 57.1 Å². The van der Waals surface area contributed by atoms with Crippen LogP contribution in [-0.4, -0.2) is 50.7 Å². The number of likely N-dealkylation sites (tertiary alicyclic amines) is 1. The molecule has 5 rings (SSSR count). The minimum atomic E-state index is -0.0741. The van der Waals surface area contributed by atoms with Crippen LogP contribution in [0.2, 0.25) is 0 Å². The molecule has 1 aliphatic rings. The summed E-state index contributed by atoms with van der Waals surface area (Å²) in [5, 5.41) is 8.76. The van der Waals surface area contributed by atoms with Gasteiger partial charge in [0.1, 0.15) is 17.8 Å². The molecular formula is C26H29N7O. The Morgan fingerprint density at radius 2 is 1.82 bits per heavy atom. The third-order valence-corrected chi connectivity index (χ3v) is 6.62. The Bertz CT molecular complexity index is 1320. The first-order chi connectivity index (χ1) is 16.5. The number of carbonyl (C=O) groups excluding carboxylic acids is 1. The fourth-order valence-corrected chi connectivity index (χ4v) is 4.58. The summed E-state index contributed by atoms with van der Waals surface area (Å²) < 4.78 is 2.03. The first-order valence-electron chi connectivity index (χ1n) is 11.6. The number of piperidine rings is 1. The van der Waals surface area contributed by atoms with Gasteiger partial charge in [-0.15, -0.1) is 0 Å². The molecule has 1 fully saturated rings. The molecule has 4 aromatic rings. The van der Waals surface area contributed by atoms with Crippen LogP contribution in [0, 0.1) is 6.92 Å². The van der Waals surface area contributed by atoms with E-state index in [9.17, 15) is 4.79 Å². The highest BCUT2D eigenvalue weighted by Crippen LogP contribution is 2.34. The van der Waals surface area contributed by atoms with Crippen LogP contribution in [0.1, 0.15) is 40.4 Å². The fraction of sp³-hybridized carbons (Fsp3) is 0.308. The Hall–Kier alpha value is -3.78. The van der Waals surface area contributed by atoms with Crippen LogP contribution < -0.4 is 11.1 Å². The molecule has 0 radical (unpaired) electrons. The number of hydrogen-bond acceptors (Lipinski definition) is 6. The number of nitrogens with one attached hydrogen (secondary N) is 1. The van der Waals surface area contributed by atoms with E-state index in [2.05, 4.69) is 27.2 Å². The number of nitrogens with two attached hydrogens (primary N) is 1. The average molecular weight is 456 g/mol. The van der Waals surface area contributed by atoms with E-state index in [0.29, 0.717) is 17.9 Å². The molecule has 174 valence electrons. The number of aromatic nitrogens is 4. The second kappa shape index (κ2) is 9.23. The SMILES string of the molecule is Cc1ccccc1C(=O)NCc1ccc(-c2nn(C3CCN(C)CC3)c3ncnc(N)c23)cc1. The molecule has 0 bridgehead atoms. The van der Waals surface area contributed by atoms with Gasteiger partial charge in [0, 0.05) is 17.7 Å². The molecule has 8 nitrogen and oxygen atoms in total. The van der Waals surface area contributed by atoms with Crippen molar-refractivity contribution in [2.75, 3.05) is 25.9 Å². The molecule has 0 atom stereocenters. The lowest BCUT2D eigenvalue weighted by Crippen LogP contribution is -2.31. The van der Waals surface area contributed by atoms with E-state index in [-0.39, 0.29) is 11.9 Å². The Morgan fingerprint density at radius 1 is 1.09 bits per heavy atom. The number of nitrogen functional groups attached to an aromatic ring is 1. The maximum absolute atomic E-state index is 12.5. The largest absolute Gasteiger partial charge is 0.383 e. The second-order valence-corrected chi connectivity index (χ2v) is 8.98. The molecule has 3 heterocycles. The van der Waals surface area contributed by atoms with Gasteiger partial charge in [-0.3, -0.25) is 4.79 Å². The van der Waals surface area contributed by atoms with Crippen LogP contribution in [0.5, 0.6) is 0 Å². The number of nitrogens with zero attached hydrogens (tertiary/aromatic N) is 5. The zero-order valence-electron chi connectivity index (χ0n) is 19.5. The summed E-state index contributed by atoms with van der Waals surface area (Å²) in [6.45, 7) is 4.45. The molecule has 3 N–H and O–H groups in total. The molecule has 0 saturated carbocycles. The molecule has 1 aliphatic heterocycles. The standard InChI is InChI=1S/C26H29N7O/c1-17-5-3-4-6-21(17)26(34)28-15-18-7-9-19(10-8-18)23-22-24(27)29-16-30-25(22)33(31-23)20-11-13-32(2)14-12-20/h3-10,16,20H,11-15H2,1-2H3,(H,28,34)(H2,27,29,30). The highest BCUT2D eigenvalue weighted by molar-refractivity contribution is 5.98. The quantitative estimate of drug-likeness (QED) is 0.477. The van der Waals surface area contributed by atoms with Crippen molar-refractivity contribution in [1.82, 2.24) is 30.0 Å². The minimum absolute atomic E-state index is 0.0741. The summed E-state index contributed by atoms with van der Waals surface area (Å²) >= 11 is 0. The first-order valence-corrected chi connectivity index (χ1v) is 11.6. The van der Waals surface area contributed by atoms with Crippen molar-refractivity contribution >= 4 is 22.8 Å². The summed E-state index contributed by atoms with van der Waals surface area (Å²) in [6, 6.07) is 15.9. The lowest BCUT2D eigenvalue weighted by Gasteiger charge is -2.29. The molecule has 0 unspecified atom stereocenters. The van der Waals surface area contributed by atoms with Crippen molar-refractivity contribution in [2.45, 2.75) is 32.4 Å². The number of anilines is 1. The number of benzene rings is 2. The molecule has 8 heteroatoms. The van der Waals surface area contributed by atoms with Crippen molar-refractivity contribution in [3.05, 3.63) is 71.5 Å². The average Bonchev–Trinajstić information content (AvgIpc) is 3.25. The maximum atomic E-state index is 12.5. The Morgan fingerprint density at radius 3 is 2.56 bits per heavy atom. The van der Waals surface area contributed by atoms with Crippen molar-refractivity contribution in [3.63, 3.8) is 0 Å². The van der Waals surface area contributed by atoms with Gasteiger partial charge in [-0.1, -0.05) is 42.5 Å². The van der Waals surface area contributed by atoms with E-state index in [1.165, 1.54) is 6.33 Å². The molecule has 2 aromatic carbocycles. The lowest BCUT2D eigenvalue weighted by atomic mass is 10.1. The van der Waals surface area contributed by atoms with Gasteiger partial charge in [-0.2, -0.15) is 5.10 Å². The van der Waals surface area contributed by atoms with Crippen LogP contribution in [0.15, 0.2) is 54.9 Å². The van der Waals surface area contributed by atoms with Crippen molar-refractivity contribution in [1.29, 1.82) is 0 Å². The summed E-state index contributed by atoms with van der Waals surface area (Å²) in [4.78, 5) is 23.6. The number of rotatable bonds is 5. The van der Waals surface area contributed by atoms with Crippen molar-refractivity contribution in [3.8, 4) is 11.3 Å². The number of amides is 1. The molecule has 1 amide bonds. The van der Waals surface area contributed by atoms with Gasteiger partial charge in [0.2, 0.25) is 0 Å². The zero-order valence-corrected chi connectivity index (χ0v) is 19.5. The third kappa shape index (κ3) is 4.24. The predicted molar refractivity (Wildman–Crippen MR) is 133 cm³/mol. The van der Waals surface area contributed by atoms with E-state index in [4.69, 9.17) is 10.8 Å². The van der Waals surface area contributed by atoms with Crippen LogP contribution >= 0.6 is 0 Å². The van der Waals surface area contributed by atoms with E-state index >= 15 is 0 Å². The molecular weight excluding hydrogens is 426 g/mol. The van der Waals surface area contributed by atoms with Crippen LogP contribution in [0.3, 0.4) is 0 Å². The molecule has 0 aliphatic carbocycles. The smallest absolute Gasteiger partial charge is 0.251 e. The van der Waals surface area contributed by atoms with Gasteiger partial charge >= 0.3 is 0 Å². The van der Waals surface area contributed by atoms with Gasteiger partial charge in [0.05, 0.1) is 11.4 Å². The number of carbonyl (C=O) groups is 1. The normalized spacial score (nSPS) is 15.0. The highest BCUT2D eigenvalue weighted by Gasteiger charge is 2.25. The van der Waals surface area contributed by atoms with E-state index in [1.54, 1.807) is 0 Å². The lowest BCUT2D eigenvalue weighted by molar-refractivity contribution is 0.0950. The minimum Gasteiger partial charge on any atom is -0.383 e. The van der Waals surface area contributed by atoms with Crippen LogP contribution in [-0.2, 0) is 6.54 Å². The monoisotopic (exact) mass is 455 g/mol. The first kappa shape index (κ1) is 22.0. The zero-order chi connectivity index (χ0) is 23.7. The Labute approximate surface area is 198 Å². The van der Waals surface area contributed by atoms with Gasteiger partial charge in [0.15, 0.2) is 5.65 Å². The maximum Gasteiger partial charge on any atom is 0.251 e. The summed E-state index contributed by atoms with van der Waals surface area (Å²) in [5.41, 5.74) is 11.5. The fourth-order valence-electron chi connectivity index (χ4n) is 4.58. The van der Waals surface area contributed by atoms with Gasteiger partial charge < -0.3 is 16.0 Å². The van der Waals surface area contributed by atoms with Gasteiger partial charge in [-0.25, -0.2) is 14.6 Å². The summed E-state index contributed by atoms with van der Waals surface area (Å²) in [5.74, 6) is 0.365. The van der Waals surface area contributed by atoms with E-state index < -0.39 is 0 Å². The Kier molecular flexibility index (Phi) is 5.98. The Balaban J connectivity index is 1.39. The summed E-state index contributed by atoms with van der Waals surface area (Å²) in [7, 11) is 2.15. The number of hydrogen-bond donors (Lipinski definition) is 2. The third-order valence-electron chi connectivity index (χ3n) is 6.62. The number of aryl methyl sites for hydroxylation is 1. The van der Waals surface area contributed by atoms with Crippen molar-refractivity contribution in [2.24, 2.45) is 0 Å². The topological polar surface area (TPSA) is 102 Å².